The summed E-state index contributed by atoms with van der Waals surface area (Å²) in [6.07, 6.45) is 3.38. The van der Waals surface area contributed by atoms with Crippen LogP contribution in [0.15, 0.2) is 59.6 Å². The molecule has 3 rings (SSSR count). The second kappa shape index (κ2) is 9.86. The predicted octanol–water partition coefficient (Wildman–Crippen LogP) is 3.98. The van der Waals surface area contributed by atoms with Crippen LogP contribution in [-0.2, 0) is 17.1 Å². The highest BCUT2D eigenvalue weighted by atomic mass is 32.2. The van der Waals surface area contributed by atoms with E-state index in [4.69, 9.17) is 4.74 Å². The van der Waals surface area contributed by atoms with Gasteiger partial charge in [-0.2, -0.15) is 5.10 Å². The Bertz CT molecular complexity index is 1170. The molecule has 3 aromatic rings. The Morgan fingerprint density at radius 3 is 2.41 bits per heavy atom. The largest absolute Gasteiger partial charge is 0.494 e. The smallest absolute Gasteiger partial charge is 0.265 e. The molecule has 0 aliphatic heterocycles. The lowest BCUT2D eigenvalue weighted by molar-refractivity contribution is 0.102. The lowest BCUT2D eigenvalue weighted by Crippen LogP contribution is -2.30. The molecule has 1 heterocycles. The average Bonchev–Trinajstić information content (AvgIpc) is 3.16. The summed E-state index contributed by atoms with van der Waals surface area (Å²) in [6, 6.07) is 13.6. The number of nitrogens with zero attached hydrogens (tertiary/aromatic N) is 3. The number of nitrogens with one attached hydrogen (secondary N) is 1. The fourth-order valence-electron chi connectivity index (χ4n) is 3.11. The molecule has 1 aromatic heterocycles. The number of sulfonamides is 1. The van der Waals surface area contributed by atoms with E-state index in [-0.39, 0.29) is 16.3 Å². The van der Waals surface area contributed by atoms with Crippen molar-refractivity contribution in [3.05, 3.63) is 65.9 Å². The van der Waals surface area contributed by atoms with Crippen LogP contribution in [0.3, 0.4) is 0 Å². The first kappa shape index (κ1) is 23.3. The summed E-state index contributed by atoms with van der Waals surface area (Å²) in [4.78, 5) is 13.1. The summed E-state index contributed by atoms with van der Waals surface area (Å²) in [5, 5.41) is 6.90. The molecule has 170 valence electrons. The number of hydrogen-bond acceptors (Lipinski definition) is 5. The van der Waals surface area contributed by atoms with Crippen LogP contribution < -0.4 is 14.4 Å². The Balaban J connectivity index is 1.80. The molecule has 0 radical (unpaired) electrons. The third kappa shape index (κ3) is 5.11. The summed E-state index contributed by atoms with van der Waals surface area (Å²) < 4.78 is 34.3. The zero-order valence-electron chi connectivity index (χ0n) is 18.7. The molecule has 1 amide bonds. The number of aromatic nitrogens is 2. The van der Waals surface area contributed by atoms with Gasteiger partial charge in [-0.1, -0.05) is 31.0 Å². The van der Waals surface area contributed by atoms with Gasteiger partial charge in [0.25, 0.3) is 15.9 Å². The van der Waals surface area contributed by atoms with Crippen LogP contribution in [0.1, 0.15) is 35.7 Å². The number of ether oxygens (including phenoxy) is 1. The molecule has 0 saturated carbocycles. The van der Waals surface area contributed by atoms with Crippen LogP contribution in [-0.4, -0.2) is 37.8 Å². The Labute approximate surface area is 188 Å². The molecule has 0 saturated heterocycles. The lowest BCUT2D eigenvalue weighted by Gasteiger charge is -2.21. The molecule has 0 unspecified atom stereocenters. The first-order chi connectivity index (χ1) is 15.2. The molecule has 0 aliphatic rings. The second-order valence-electron chi connectivity index (χ2n) is 7.47. The maximum Gasteiger partial charge on any atom is 0.265 e. The van der Waals surface area contributed by atoms with Crippen molar-refractivity contribution in [3.8, 4) is 5.75 Å². The third-order valence-electron chi connectivity index (χ3n) is 5.01. The van der Waals surface area contributed by atoms with Crippen molar-refractivity contribution in [2.75, 3.05) is 23.3 Å². The summed E-state index contributed by atoms with van der Waals surface area (Å²) >= 11 is 0. The van der Waals surface area contributed by atoms with Gasteiger partial charge in [0.2, 0.25) is 0 Å². The van der Waals surface area contributed by atoms with Gasteiger partial charge in [-0.25, -0.2) is 8.42 Å². The number of benzene rings is 2. The normalized spacial score (nSPS) is 11.2. The third-order valence-corrected chi connectivity index (χ3v) is 6.77. The van der Waals surface area contributed by atoms with Gasteiger partial charge in [0.15, 0.2) is 5.82 Å². The van der Waals surface area contributed by atoms with Gasteiger partial charge in [0, 0.05) is 19.8 Å². The minimum absolute atomic E-state index is 0.136. The standard InChI is InChI=1S/C23H28N4O4S/c1-5-6-15-31-19-11-9-18(10-12-19)25-22(28)21-16-24-26(3)23(21)27(4)32(29,30)20-13-7-17(2)8-14-20/h7-14,16H,5-6,15H2,1-4H3,(H,25,28). The van der Waals surface area contributed by atoms with Gasteiger partial charge in [0.05, 0.1) is 17.7 Å². The Morgan fingerprint density at radius 1 is 1.12 bits per heavy atom. The van der Waals surface area contributed by atoms with Crippen molar-refractivity contribution in [2.24, 2.45) is 7.05 Å². The zero-order chi connectivity index (χ0) is 23.3. The van der Waals surface area contributed by atoms with Crippen LogP contribution in [0.25, 0.3) is 0 Å². The van der Waals surface area contributed by atoms with Gasteiger partial charge < -0.3 is 10.1 Å². The van der Waals surface area contributed by atoms with E-state index in [1.54, 1.807) is 55.6 Å². The molecule has 32 heavy (non-hydrogen) atoms. The number of amides is 1. The predicted molar refractivity (Wildman–Crippen MR) is 125 cm³/mol. The zero-order valence-corrected chi connectivity index (χ0v) is 19.5. The SMILES string of the molecule is CCCCOc1ccc(NC(=O)c2cnn(C)c2N(C)S(=O)(=O)c2ccc(C)cc2)cc1. The fourth-order valence-corrected chi connectivity index (χ4v) is 4.35. The Kier molecular flexibility index (Phi) is 7.19. The van der Waals surface area contributed by atoms with E-state index in [0.717, 1.165) is 28.5 Å². The maximum absolute atomic E-state index is 13.1. The summed E-state index contributed by atoms with van der Waals surface area (Å²) in [6.45, 7) is 4.62. The second-order valence-corrected chi connectivity index (χ2v) is 9.44. The average molecular weight is 457 g/mol. The molecule has 1 N–H and O–H groups in total. The van der Waals surface area contributed by atoms with Gasteiger partial charge in [-0.15, -0.1) is 0 Å². The fraction of sp³-hybridized carbons (Fsp3) is 0.304. The van der Waals surface area contributed by atoms with E-state index >= 15 is 0 Å². The van der Waals surface area contributed by atoms with E-state index in [0.29, 0.717) is 12.3 Å². The highest BCUT2D eigenvalue weighted by molar-refractivity contribution is 7.92. The molecule has 2 aromatic carbocycles. The molecule has 9 heteroatoms. The molecule has 0 atom stereocenters. The Hall–Kier alpha value is -3.33. The number of unbranched alkanes of at least 4 members (excludes halogenated alkanes) is 1. The minimum atomic E-state index is -3.87. The molecule has 0 bridgehead atoms. The van der Waals surface area contributed by atoms with Crippen LogP contribution in [0, 0.1) is 6.92 Å². The van der Waals surface area contributed by atoms with Gasteiger partial charge in [-0.3, -0.25) is 13.8 Å². The highest BCUT2D eigenvalue weighted by Crippen LogP contribution is 2.26. The molecule has 0 fully saturated rings. The number of rotatable bonds is 9. The van der Waals surface area contributed by atoms with Crippen LogP contribution in [0.2, 0.25) is 0 Å². The maximum atomic E-state index is 13.1. The van der Waals surface area contributed by atoms with Crippen molar-refractivity contribution >= 4 is 27.4 Å². The molecule has 0 spiro atoms. The lowest BCUT2D eigenvalue weighted by atomic mass is 10.2. The minimum Gasteiger partial charge on any atom is -0.494 e. The summed E-state index contributed by atoms with van der Waals surface area (Å²) in [5.74, 6) is 0.434. The topological polar surface area (TPSA) is 93.5 Å². The molecule has 0 aliphatic carbocycles. The van der Waals surface area contributed by atoms with Gasteiger partial charge in [0.1, 0.15) is 11.3 Å². The van der Waals surface area contributed by atoms with Gasteiger partial charge in [-0.05, 0) is 49.7 Å². The summed E-state index contributed by atoms with van der Waals surface area (Å²) in [7, 11) is -0.870. The number of anilines is 2. The van der Waals surface area contributed by atoms with Crippen molar-refractivity contribution < 1.29 is 17.9 Å². The first-order valence-corrected chi connectivity index (χ1v) is 11.8. The van der Waals surface area contributed by atoms with E-state index in [2.05, 4.69) is 17.3 Å². The highest BCUT2D eigenvalue weighted by Gasteiger charge is 2.28. The van der Waals surface area contributed by atoms with Crippen molar-refractivity contribution in [2.45, 2.75) is 31.6 Å². The van der Waals surface area contributed by atoms with Crippen LogP contribution in [0.4, 0.5) is 11.5 Å². The van der Waals surface area contributed by atoms with Crippen LogP contribution >= 0.6 is 0 Å². The number of carbonyl (C=O) groups excluding carboxylic acids is 1. The number of aryl methyl sites for hydroxylation is 2. The van der Waals surface area contributed by atoms with E-state index in [1.807, 2.05) is 6.92 Å². The van der Waals surface area contributed by atoms with E-state index in [9.17, 15) is 13.2 Å². The van der Waals surface area contributed by atoms with Crippen molar-refractivity contribution in [3.63, 3.8) is 0 Å². The molecule has 8 nitrogen and oxygen atoms in total. The quantitative estimate of drug-likeness (QED) is 0.492. The van der Waals surface area contributed by atoms with E-state index in [1.165, 1.54) is 17.9 Å². The van der Waals surface area contributed by atoms with Gasteiger partial charge >= 0.3 is 0 Å². The number of carbonyl (C=O) groups is 1. The molecular formula is C23H28N4O4S. The monoisotopic (exact) mass is 456 g/mol. The van der Waals surface area contributed by atoms with E-state index < -0.39 is 15.9 Å². The van der Waals surface area contributed by atoms with Crippen LogP contribution in [0.5, 0.6) is 5.75 Å². The van der Waals surface area contributed by atoms with Crippen molar-refractivity contribution in [1.82, 2.24) is 9.78 Å². The molecular weight excluding hydrogens is 428 g/mol. The Morgan fingerprint density at radius 2 is 1.78 bits per heavy atom. The van der Waals surface area contributed by atoms with Crippen molar-refractivity contribution in [1.29, 1.82) is 0 Å². The first-order valence-electron chi connectivity index (χ1n) is 10.4. The number of hydrogen-bond donors (Lipinski definition) is 1. The summed E-state index contributed by atoms with van der Waals surface area (Å²) in [5.41, 5.74) is 1.67.